The molecule has 0 bridgehead atoms. The molecule has 0 fully saturated rings. The van der Waals surface area contributed by atoms with Crippen molar-refractivity contribution in [1.82, 2.24) is 19.1 Å². The molecule has 0 spiro atoms. The molecule has 0 saturated heterocycles. The van der Waals surface area contributed by atoms with Gasteiger partial charge < -0.3 is 9.13 Å². The van der Waals surface area contributed by atoms with Gasteiger partial charge in [0.2, 0.25) is 0 Å². The Labute approximate surface area is 187 Å². The first-order valence-corrected chi connectivity index (χ1v) is 10.6. The molecule has 0 saturated carbocycles. The van der Waals surface area contributed by atoms with E-state index >= 15 is 0 Å². The average molecular weight is 433 g/mol. The number of aromatic nitrogens is 4. The summed E-state index contributed by atoms with van der Waals surface area (Å²) < 4.78 is 3.71. The maximum atomic E-state index is 13.3. The Morgan fingerprint density at radius 2 is 1.87 bits per heavy atom. The van der Waals surface area contributed by atoms with Crippen molar-refractivity contribution in [2.45, 2.75) is 40.2 Å². The number of pyridine rings is 2. The van der Waals surface area contributed by atoms with Crippen LogP contribution in [0.25, 0.3) is 5.69 Å². The third-order valence-electron chi connectivity index (χ3n) is 5.53. The smallest absolute Gasteiger partial charge is 0.254 e. The number of nitrogens with zero attached hydrogens (tertiary/aromatic N) is 4. The van der Waals surface area contributed by atoms with Crippen molar-refractivity contribution in [1.29, 1.82) is 0 Å². The molecule has 3 aromatic heterocycles. The summed E-state index contributed by atoms with van der Waals surface area (Å²) in [5.41, 5.74) is 6.91. The number of rotatable bonds is 5. The van der Waals surface area contributed by atoms with Gasteiger partial charge in [-0.2, -0.15) is 0 Å². The Hall–Kier alpha value is -3.18. The summed E-state index contributed by atoms with van der Waals surface area (Å²) in [6.45, 7) is 8.02. The Kier molecular flexibility index (Phi) is 5.79. The first-order chi connectivity index (χ1) is 14.8. The van der Waals surface area contributed by atoms with Crippen LogP contribution in [0, 0.1) is 20.8 Å². The maximum Gasteiger partial charge on any atom is 0.254 e. The lowest BCUT2D eigenvalue weighted by atomic mass is 10.0. The quantitative estimate of drug-likeness (QED) is 0.435. The molecule has 4 aromatic rings. The van der Waals surface area contributed by atoms with Crippen molar-refractivity contribution >= 4 is 11.6 Å². The van der Waals surface area contributed by atoms with Gasteiger partial charge in [0, 0.05) is 42.5 Å². The molecule has 0 aliphatic carbocycles. The Morgan fingerprint density at radius 3 is 2.55 bits per heavy atom. The zero-order chi connectivity index (χ0) is 22.1. The SMILES string of the molecule is Cc1cncc([C@H](C)n2cc(Cl)cc(Cc3ccc(-n4cnc(C)c4)c(C)c3)c2=O)c1. The summed E-state index contributed by atoms with van der Waals surface area (Å²) in [5, 5.41) is 0.546. The fourth-order valence-electron chi connectivity index (χ4n) is 3.89. The summed E-state index contributed by atoms with van der Waals surface area (Å²) in [4.78, 5) is 21.8. The number of aryl methyl sites for hydroxylation is 3. The number of imidazole rings is 1. The zero-order valence-electron chi connectivity index (χ0n) is 18.1. The first-order valence-electron chi connectivity index (χ1n) is 10.2. The topological polar surface area (TPSA) is 52.7 Å². The van der Waals surface area contributed by atoms with Crippen LogP contribution in [0.4, 0.5) is 0 Å². The van der Waals surface area contributed by atoms with Gasteiger partial charge in [0.15, 0.2) is 0 Å². The number of benzene rings is 1. The second kappa shape index (κ2) is 8.52. The monoisotopic (exact) mass is 432 g/mol. The largest absolute Gasteiger partial charge is 0.307 e. The molecule has 0 aliphatic heterocycles. The van der Waals surface area contributed by atoms with Crippen LogP contribution in [-0.4, -0.2) is 19.1 Å². The van der Waals surface area contributed by atoms with E-state index in [9.17, 15) is 4.79 Å². The van der Waals surface area contributed by atoms with Gasteiger partial charge in [0.25, 0.3) is 5.56 Å². The predicted octanol–water partition coefficient (Wildman–Crippen LogP) is 5.21. The number of hydrogen-bond acceptors (Lipinski definition) is 3. The molecule has 1 aromatic carbocycles. The van der Waals surface area contributed by atoms with Gasteiger partial charge in [-0.05, 0) is 62.1 Å². The molecule has 0 unspecified atom stereocenters. The van der Waals surface area contributed by atoms with Gasteiger partial charge in [-0.3, -0.25) is 9.78 Å². The molecule has 5 nitrogen and oxygen atoms in total. The van der Waals surface area contributed by atoms with Crippen molar-refractivity contribution in [2.24, 2.45) is 0 Å². The van der Waals surface area contributed by atoms with Gasteiger partial charge in [-0.15, -0.1) is 0 Å². The fraction of sp³-hybridized carbons (Fsp3) is 0.240. The van der Waals surface area contributed by atoms with Crippen LogP contribution in [0.3, 0.4) is 0 Å². The molecule has 6 heteroatoms. The van der Waals surface area contributed by atoms with Gasteiger partial charge in [0.1, 0.15) is 0 Å². The predicted molar refractivity (Wildman–Crippen MR) is 124 cm³/mol. The highest BCUT2D eigenvalue weighted by Crippen LogP contribution is 2.21. The van der Waals surface area contributed by atoms with Crippen LogP contribution in [0.1, 0.15) is 46.5 Å². The van der Waals surface area contributed by atoms with E-state index in [1.54, 1.807) is 29.2 Å². The Morgan fingerprint density at radius 1 is 1.06 bits per heavy atom. The van der Waals surface area contributed by atoms with Crippen LogP contribution in [0.15, 0.2) is 66.2 Å². The minimum Gasteiger partial charge on any atom is -0.307 e. The van der Waals surface area contributed by atoms with Crippen molar-refractivity contribution < 1.29 is 0 Å². The lowest BCUT2D eigenvalue weighted by Gasteiger charge is -2.18. The highest BCUT2D eigenvalue weighted by Gasteiger charge is 2.15. The Balaban J connectivity index is 1.66. The number of halogens is 1. The molecule has 31 heavy (non-hydrogen) atoms. The van der Waals surface area contributed by atoms with E-state index in [-0.39, 0.29) is 11.6 Å². The standard InChI is InChI=1S/C25H25ClN4O/c1-16-7-22(12-27-11-16)19(4)30-14-23(26)10-21(25(30)31)9-20-5-6-24(17(2)8-20)29-13-18(3)28-15-29/h5-8,10-15,19H,9H2,1-4H3/t19-/m0/s1. The summed E-state index contributed by atoms with van der Waals surface area (Å²) >= 11 is 6.40. The second-order valence-corrected chi connectivity index (χ2v) is 8.52. The first kappa shape index (κ1) is 21.1. The summed E-state index contributed by atoms with van der Waals surface area (Å²) in [6.07, 6.45) is 9.64. The van der Waals surface area contributed by atoms with Gasteiger partial charge in [-0.25, -0.2) is 4.98 Å². The summed E-state index contributed by atoms with van der Waals surface area (Å²) in [6, 6.07) is 9.88. The Bertz CT molecular complexity index is 1310. The van der Waals surface area contributed by atoms with Gasteiger partial charge in [-0.1, -0.05) is 29.8 Å². The van der Waals surface area contributed by atoms with E-state index < -0.39 is 0 Å². The van der Waals surface area contributed by atoms with Crippen molar-refractivity contribution in [2.75, 3.05) is 0 Å². The van der Waals surface area contributed by atoms with E-state index in [4.69, 9.17) is 11.6 Å². The number of hydrogen-bond donors (Lipinski definition) is 0. The van der Waals surface area contributed by atoms with Crippen LogP contribution in [0.5, 0.6) is 0 Å². The van der Waals surface area contributed by atoms with Crippen molar-refractivity contribution in [3.05, 3.63) is 110 Å². The lowest BCUT2D eigenvalue weighted by molar-refractivity contribution is 0.607. The van der Waals surface area contributed by atoms with E-state index in [0.29, 0.717) is 17.0 Å². The molecule has 4 rings (SSSR count). The second-order valence-electron chi connectivity index (χ2n) is 8.09. The average Bonchev–Trinajstić information content (AvgIpc) is 3.16. The third kappa shape index (κ3) is 4.47. The highest BCUT2D eigenvalue weighted by molar-refractivity contribution is 6.30. The normalized spacial score (nSPS) is 12.2. The molecule has 158 valence electrons. The van der Waals surface area contributed by atoms with E-state index in [1.807, 2.05) is 43.9 Å². The molecule has 3 heterocycles. The van der Waals surface area contributed by atoms with Crippen LogP contribution >= 0.6 is 11.6 Å². The summed E-state index contributed by atoms with van der Waals surface area (Å²) in [7, 11) is 0. The van der Waals surface area contributed by atoms with E-state index in [0.717, 1.165) is 33.6 Å². The minimum atomic E-state index is -0.161. The molecular formula is C25H25ClN4O. The highest BCUT2D eigenvalue weighted by atomic mass is 35.5. The fourth-order valence-corrected chi connectivity index (χ4v) is 4.13. The summed E-state index contributed by atoms with van der Waals surface area (Å²) in [5.74, 6) is 0. The molecule has 0 radical (unpaired) electrons. The third-order valence-corrected chi connectivity index (χ3v) is 5.73. The molecular weight excluding hydrogens is 408 g/mol. The van der Waals surface area contributed by atoms with Crippen molar-refractivity contribution in [3.8, 4) is 5.69 Å². The lowest BCUT2D eigenvalue weighted by Crippen LogP contribution is -2.26. The maximum absolute atomic E-state index is 13.3. The molecule has 0 aliphatic rings. The van der Waals surface area contributed by atoms with Crippen LogP contribution in [0.2, 0.25) is 5.02 Å². The minimum absolute atomic E-state index is 0.0367. The van der Waals surface area contributed by atoms with Crippen molar-refractivity contribution in [3.63, 3.8) is 0 Å². The van der Waals surface area contributed by atoms with Gasteiger partial charge in [0.05, 0.1) is 23.1 Å². The molecule has 1 atom stereocenters. The van der Waals surface area contributed by atoms with Gasteiger partial charge >= 0.3 is 0 Å². The van der Waals surface area contributed by atoms with E-state index in [1.165, 1.54) is 0 Å². The van der Waals surface area contributed by atoms with E-state index in [2.05, 4.69) is 35.1 Å². The van der Waals surface area contributed by atoms with Crippen LogP contribution < -0.4 is 5.56 Å². The molecule has 0 amide bonds. The van der Waals surface area contributed by atoms with Crippen LogP contribution in [-0.2, 0) is 6.42 Å². The molecule has 0 N–H and O–H groups in total. The zero-order valence-corrected chi connectivity index (χ0v) is 18.9.